The van der Waals surface area contributed by atoms with Crippen LogP contribution in [0.1, 0.15) is 142 Å². The predicted octanol–water partition coefficient (Wildman–Crippen LogP) is 8.52. The van der Waals surface area contributed by atoms with Crippen molar-refractivity contribution in [2.75, 3.05) is 13.2 Å². The minimum atomic E-state index is 0. The van der Waals surface area contributed by atoms with Gasteiger partial charge in [-0.2, -0.15) is 9.90 Å². The molecule has 1 radical (unpaired) electrons. The maximum atomic E-state index is 5.78. The SMILES string of the molecule is CCCCCCCCCCCCOCCCCCCCCCCCC.P.[Na]. The zero-order chi connectivity index (χ0) is 18.3. The molecule has 27 heavy (non-hydrogen) atoms. The molecule has 0 saturated carbocycles. The molecule has 0 amide bonds. The van der Waals surface area contributed by atoms with E-state index in [1.165, 1.54) is 128 Å². The Morgan fingerprint density at radius 1 is 0.370 bits per heavy atom. The molecule has 1 atom stereocenters. The Labute approximate surface area is 198 Å². The largest absolute Gasteiger partial charge is 0.381 e. The van der Waals surface area contributed by atoms with Crippen LogP contribution in [0.4, 0.5) is 0 Å². The third-order valence-electron chi connectivity index (χ3n) is 5.28. The van der Waals surface area contributed by atoms with E-state index in [-0.39, 0.29) is 39.5 Å². The van der Waals surface area contributed by atoms with Gasteiger partial charge in [0.1, 0.15) is 0 Å². The predicted molar refractivity (Wildman–Crippen MR) is 131 cm³/mol. The van der Waals surface area contributed by atoms with Crippen molar-refractivity contribution in [2.24, 2.45) is 0 Å². The van der Waals surface area contributed by atoms with Gasteiger partial charge in [-0.15, -0.1) is 0 Å². The van der Waals surface area contributed by atoms with E-state index < -0.39 is 0 Å². The summed E-state index contributed by atoms with van der Waals surface area (Å²) in [5, 5.41) is 0. The van der Waals surface area contributed by atoms with Crippen molar-refractivity contribution in [3.63, 3.8) is 0 Å². The van der Waals surface area contributed by atoms with Gasteiger partial charge in [-0.3, -0.25) is 0 Å². The molecule has 0 aliphatic rings. The summed E-state index contributed by atoms with van der Waals surface area (Å²) < 4.78 is 5.78. The van der Waals surface area contributed by atoms with Gasteiger partial charge in [-0.05, 0) is 12.8 Å². The molecule has 0 rings (SSSR count). The number of ether oxygens (including phenoxy) is 1. The average Bonchev–Trinajstić information content (AvgIpc) is 2.63. The van der Waals surface area contributed by atoms with E-state index in [9.17, 15) is 0 Å². The van der Waals surface area contributed by atoms with Gasteiger partial charge in [0.15, 0.2) is 0 Å². The van der Waals surface area contributed by atoms with Crippen LogP contribution >= 0.6 is 9.90 Å². The second-order valence-electron chi connectivity index (χ2n) is 7.98. The molecule has 0 aliphatic heterocycles. The molecule has 0 aromatic heterocycles. The Bertz CT molecular complexity index is 204. The molecular formula is C24H53NaOP. The third kappa shape index (κ3) is 32.3. The fourth-order valence-electron chi connectivity index (χ4n) is 3.49. The molecule has 0 N–H and O–H groups in total. The van der Waals surface area contributed by atoms with Gasteiger partial charge >= 0.3 is 0 Å². The molecule has 3 heteroatoms. The van der Waals surface area contributed by atoms with Crippen molar-refractivity contribution in [3.8, 4) is 0 Å². The van der Waals surface area contributed by atoms with Crippen LogP contribution in [0.5, 0.6) is 0 Å². The number of hydrogen-bond donors (Lipinski definition) is 0. The monoisotopic (exact) mass is 411 g/mol. The Hall–Kier alpha value is 1.39. The van der Waals surface area contributed by atoms with Crippen LogP contribution in [-0.2, 0) is 4.74 Å². The summed E-state index contributed by atoms with van der Waals surface area (Å²) in [7, 11) is 0. The average molecular weight is 412 g/mol. The van der Waals surface area contributed by atoms with E-state index in [0.717, 1.165) is 13.2 Å². The molecule has 0 aliphatic carbocycles. The fraction of sp³-hybridized carbons (Fsp3) is 1.00. The van der Waals surface area contributed by atoms with Gasteiger partial charge in [0.05, 0.1) is 0 Å². The van der Waals surface area contributed by atoms with Crippen LogP contribution in [-0.4, -0.2) is 42.8 Å². The Morgan fingerprint density at radius 3 is 0.852 bits per heavy atom. The summed E-state index contributed by atoms with van der Waals surface area (Å²) in [6, 6.07) is 0. The van der Waals surface area contributed by atoms with Crippen LogP contribution in [0.2, 0.25) is 0 Å². The maximum Gasteiger partial charge on any atom is 0.0466 e. The quantitative estimate of drug-likeness (QED) is 0.0985. The molecule has 0 heterocycles. The Morgan fingerprint density at radius 2 is 0.593 bits per heavy atom. The molecule has 161 valence electrons. The van der Waals surface area contributed by atoms with E-state index in [1.54, 1.807) is 0 Å². The first-order valence-electron chi connectivity index (χ1n) is 12.0. The van der Waals surface area contributed by atoms with Crippen LogP contribution in [0.3, 0.4) is 0 Å². The maximum absolute atomic E-state index is 5.78. The summed E-state index contributed by atoms with van der Waals surface area (Å²) in [4.78, 5) is 0. The molecule has 0 saturated heterocycles. The first kappa shape index (κ1) is 33.0. The molecule has 0 aromatic rings. The smallest absolute Gasteiger partial charge is 0.0466 e. The van der Waals surface area contributed by atoms with E-state index in [4.69, 9.17) is 4.74 Å². The van der Waals surface area contributed by atoms with Gasteiger partial charge in [-0.1, -0.05) is 129 Å². The number of rotatable bonds is 22. The van der Waals surface area contributed by atoms with Gasteiger partial charge in [0.25, 0.3) is 0 Å². The van der Waals surface area contributed by atoms with Crippen LogP contribution in [0.25, 0.3) is 0 Å². The summed E-state index contributed by atoms with van der Waals surface area (Å²) in [6.07, 6.45) is 28.2. The Kier molecular flexibility index (Phi) is 39.2. The van der Waals surface area contributed by atoms with Crippen LogP contribution in [0.15, 0.2) is 0 Å². The standard InChI is InChI=1S/C24H50O.Na.H3P/c1-3-5-7-9-11-13-15-17-19-21-23-25-24-22-20-18-16-14-12-10-8-6-4-2;;/h3-24H2,1-2H3;;1H3. The third-order valence-corrected chi connectivity index (χ3v) is 5.28. The molecule has 1 unspecified atom stereocenters. The van der Waals surface area contributed by atoms with E-state index in [0.29, 0.717) is 0 Å². The molecule has 0 bridgehead atoms. The molecule has 0 fully saturated rings. The zero-order valence-electron chi connectivity index (χ0n) is 19.7. The fourth-order valence-corrected chi connectivity index (χ4v) is 3.49. The molecule has 0 aromatic carbocycles. The van der Waals surface area contributed by atoms with Crippen molar-refractivity contribution in [2.45, 2.75) is 142 Å². The molecule has 1 nitrogen and oxygen atoms in total. The minimum absolute atomic E-state index is 0. The second kappa shape index (κ2) is 32.1. The van der Waals surface area contributed by atoms with E-state index >= 15 is 0 Å². The first-order chi connectivity index (χ1) is 12.4. The summed E-state index contributed by atoms with van der Waals surface area (Å²) >= 11 is 0. The zero-order valence-corrected chi connectivity index (χ0v) is 23.1. The van der Waals surface area contributed by atoms with Gasteiger partial charge in [0.2, 0.25) is 0 Å². The summed E-state index contributed by atoms with van der Waals surface area (Å²) in [5.74, 6) is 0. The second-order valence-corrected chi connectivity index (χ2v) is 7.98. The van der Waals surface area contributed by atoms with Gasteiger partial charge < -0.3 is 4.74 Å². The minimum Gasteiger partial charge on any atom is -0.381 e. The van der Waals surface area contributed by atoms with Crippen molar-refractivity contribution >= 4 is 39.5 Å². The Balaban J connectivity index is -0.00000288. The van der Waals surface area contributed by atoms with Crippen LogP contribution < -0.4 is 0 Å². The van der Waals surface area contributed by atoms with Crippen molar-refractivity contribution < 1.29 is 4.74 Å². The number of hydrogen-bond acceptors (Lipinski definition) is 1. The van der Waals surface area contributed by atoms with E-state index in [2.05, 4.69) is 13.8 Å². The topological polar surface area (TPSA) is 9.23 Å². The van der Waals surface area contributed by atoms with Crippen molar-refractivity contribution in [3.05, 3.63) is 0 Å². The van der Waals surface area contributed by atoms with Gasteiger partial charge in [-0.25, -0.2) is 0 Å². The normalized spacial score (nSPS) is 10.4. The van der Waals surface area contributed by atoms with E-state index in [1.807, 2.05) is 0 Å². The van der Waals surface area contributed by atoms with Gasteiger partial charge in [0, 0.05) is 42.8 Å². The molecular weight excluding hydrogens is 358 g/mol. The summed E-state index contributed by atoms with van der Waals surface area (Å²) in [6.45, 7) is 6.57. The van der Waals surface area contributed by atoms with Crippen LogP contribution in [0, 0.1) is 0 Å². The molecule has 0 spiro atoms. The van der Waals surface area contributed by atoms with Crippen molar-refractivity contribution in [1.29, 1.82) is 0 Å². The number of unbranched alkanes of at least 4 members (excludes halogenated alkanes) is 18. The van der Waals surface area contributed by atoms with Crippen molar-refractivity contribution in [1.82, 2.24) is 0 Å². The first-order valence-corrected chi connectivity index (χ1v) is 12.0. The summed E-state index contributed by atoms with van der Waals surface area (Å²) in [5.41, 5.74) is 0.